The summed E-state index contributed by atoms with van der Waals surface area (Å²) in [6.07, 6.45) is 9.78. The summed E-state index contributed by atoms with van der Waals surface area (Å²) in [6.45, 7) is 11.8. The maximum atomic E-state index is 5.92. The van der Waals surface area contributed by atoms with Crippen molar-refractivity contribution in [2.45, 2.75) is 84.7 Å². The van der Waals surface area contributed by atoms with Crippen LogP contribution in [0.2, 0.25) is 0 Å². The van der Waals surface area contributed by atoms with Crippen LogP contribution in [0.15, 0.2) is 0 Å². The van der Waals surface area contributed by atoms with Gasteiger partial charge in [-0.2, -0.15) is 0 Å². The number of rotatable bonds is 2. The number of hydrogen-bond acceptors (Lipinski definition) is 2. The Kier molecular flexibility index (Phi) is 5.53. The van der Waals surface area contributed by atoms with Gasteiger partial charge in [0.1, 0.15) is 0 Å². The highest BCUT2D eigenvalue weighted by molar-refractivity contribution is 4.88. The van der Waals surface area contributed by atoms with Crippen molar-refractivity contribution in [2.75, 3.05) is 13.1 Å². The lowest BCUT2D eigenvalue weighted by Crippen LogP contribution is -2.49. The van der Waals surface area contributed by atoms with E-state index in [9.17, 15) is 0 Å². The van der Waals surface area contributed by atoms with Crippen LogP contribution in [0, 0.1) is 17.3 Å². The topological polar surface area (TPSA) is 29.3 Å². The van der Waals surface area contributed by atoms with Crippen molar-refractivity contribution in [3.8, 4) is 0 Å². The fraction of sp³-hybridized carbons (Fsp3) is 1.00. The molecule has 118 valence electrons. The van der Waals surface area contributed by atoms with Crippen LogP contribution in [0.1, 0.15) is 72.6 Å². The van der Waals surface area contributed by atoms with Gasteiger partial charge in [0.2, 0.25) is 0 Å². The minimum atomic E-state index is 0.488. The molecule has 1 aliphatic heterocycles. The summed E-state index contributed by atoms with van der Waals surface area (Å²) >= 11 is 0. The van der Waals surface area contributed by atoms with Crippen LogP contribution in [0.3, 0.4) is 0 Å². The van der Waals surface area contributed by atoms with Gasteiger partial charge < -0.3 is 5.73 Å². The van der Waals surface area contributed by atoms with Gasteiger partial charge in [-0.1, -0.05) is 27.2 Å². The molecular weight excluding hydrogens is 244 g/mol. The zero-order valence-corrected chi connectivity index (χ0v) is 14.2. The summed E-state index contributed by atoms with van der Waals surface area (Å²) in [4.78, 5) is 2.81. The molecule has 0 aromatic rings. The van der Waals surface area contributed by atoms with Crippen LogP contribution in [0.4, 0.5) is 0 Å². The smallest absolute Gasteiger partial charge is 0.00983 e. The van der Waals surface area contributed by atoms with Gasteiger partial charge in [0, 0.05) is 18.6 Å². The van der Waals surface area contributed by atoms with Gasteiger partial charge in [-0.25, -0.2) is 0 Å². The monoisotopic (exact) mass is 280 g/mol. The van der Waals surface area contributed by atoms with E-state index in [1.165, 1.54) is 51.5 Å². The van der Waals surface area contributed by atoms with E-state index in [0.29, 0.717) is 5.41 Å². The first-order valence-electron chi connectivity index (χ1n) is 8.87. The summed E-state index contributed by atoms with van der Waals surface area (Å²) in [5.41, 5.74) is 6.41. The molecule has 20 heavy (non-hydrogen) atoms. The molecule has 0 bridgehead atoms. The molecule has 0 aromatic carbocycles. The highest BCUT2D eigenvalue weighted by Gasteiger charge is 2.33. The molecular formula is C18H36N2. The van der Waals surface area contributed by atoms with Crippen molar-refractivity contribution in [1.29, 1.82) is 0 Å². The standard InChI is InChI=1S/C18H36N2/c1-14-8-9-15(12-19)13-20(14)17-7-5-6-16(10-11-17)18(2,3)4/h14-17H,5-13,19H2,1-4H3. The summed E-state index contributed by atoms with van der Waals surface area (Å²) in [5, 5.41) is 0. The highest BCUT2D eigenvalue weighted by Crippen LogP contribution is 2.39. The van der Waals surface area contributed by atoms with Gasteiger partial charge in [-0.15, -0.1) is 0 Å². The van der Waals surface area contributed by atoms with Crippen molar-refractivity contribution in [1.82, 2.24) is 4.90 Å². The third-order valence-electron chi connectivity index (χ3n) is 5.99. The Morgan fingerprint density at radius 1 is 1.00 bits per heavy atom. The van der Waals surface area contributed by atoms with Crippen molar-refractivity contribution in [3.63, 3.8) is 0 Å². The fourth-order valence-electron chi connectivity index (χ4n) is 4.39. The second-order valence-corrected chi connectivity index (χ2v) is 8.45. The quantitative estimate of drug-likeness (QED) is 0.774. The van der Waals surface area contributed by atoms with Crippen LogP contribution in [-0.4, -0.2) is 30.1 Å². The van der Waals surface area contributed by atoms with E-state index in [2.05, 4.69) is 32.6 Å². The van der Waals surface area contributed by atoms with Crippen LogP contribution >= 0.6 is 0 Å². The Morgan fingerprint density at radius 3 is 2.40 bits per heavy atom. The molecule has 4 unspecified atom stereocenters. The molecule has 2 nitrogen and oxygen atoms in total. The first-order chi connectivity index (χ1) is 9.41. The van der Waals surface area contributed by atoms with Crippen molar-refractivity contribution in [3.05, 3.63) is 0 Å². The van der Waals surface area contributed by atoms with E-state index in [1.807, 2.05) is 0 Å². The van der Waals surface area contributed by atoms with Crippen molar-refractivity contribution in [2.24, 2.45) is 23.0 Å². The molecule has 0 amide bonds. The van der Waals surface area contributed by atoms with E-state index >= 15 is 0 Å². The normalized spacial score (nSPS) is 37.6. The molecule has 1 aliphatic carbocycles. The number of likely N-dealkylation sites (tertiary alicyclic amines) is 1. The van der Waals surface area contributed by atoms with Gasteiger partial charge in [0.05, 0.1) is 0 Å². The predicted molar refractivity (Wildman–Crippen MR) is 87.8 cm³/mol. The molecule has 0 radical (unpaired) electrons. The Balaban J connectivity index is 1.95. The predicted octanol–water partition coefficient (Wildman–Crippen LogP) is 4.04. The minimum Gasteiger partial charge on any atom is -0.330 e. The van der Waals surface area contributed by atoms with Gasteiger partial charge >= 0.3 is 0 Å². The zero-order valence-electron chi connectivity index (χ0n) is 14.2. The van der Waals surface area contributed by atoms with Crippen LogP contribution in [0.25, 0.3) is 0 Å². The van der Waals surface area contributed by atoms with Gasteiger partial charge in [0.25, 0.3) is 0 Å². The van der Waals surface area contributed by atoms with E-state index in [1.54, 1.807) is 0 Å². The molecule has 1 saturated carbocycles. The molecule has 2 aliphatic rings. The molecule has 2 fully saturated rings. The Morgan fingerprint density at radius 2 is 1.75 bits per heavy atom. The first-order valence-corrected chi connectivity index (χ1v) is 8.87. The zero-order chi connectivity index (χ0) is 14.8. The number of hydrogen-bond donors (Lipinski definition) is 1. The minimum absolute atomic E-state index is 0.488. The number of nitrogens with two attached hydrogens (primary N) is 1. The number of nitrogens with zero attached hydrogens (tertiary/aromatic N) is 1. The number of piperidine rings is 1. The van der Waals surface area contributed by atoms with Crippen LogP contribution in [-0.2, 0) is 0 Å². The lowest BCUT2D eigenvalue weighted by molar-refractivity contribution is 0.0646. The van der Waals surface area contributed by atoms with Crippen molar-refractivity contribution >= 4 is 0 Å². The maximum Gasteiger partial charge on any atom is 0.00983 e. The second-order valence-electron chi connectivity index (χ2n) is 8.45. The average molecular weight is 281 g/mol. The average Bonchev–Trinajstić information content (AvgIpc) is 2.64. The molecule has 2 rings (SSSR count). The van der Waals surface area contributed by atoms with Crippen molar-refractivity contribution < 1.29 is 0 Å². The third-order valence-corrected chi connectivity index (χ3v) is 5.99. The van der Waals surface area contributed by atoms with E-state index in [4.69, 9.17) is 5.73 Å². The maximum absolute atomic E-state index is 5.92. The summed E-state index contributed by atoms with van der Waals surface area (Å²) < 4.78 is 0. The molecule has 2 N–H and O–H groups in total. The lowest BCUT2D eigenvalue weighted by atomic mass is 9.76. The van der Waals surface area contributed by atoms with Crippen LogP contribution < -0.4 is 5.73 Å². The molecule has 0 spiro atoms. The van der Waals surface area contributed by atoms with Gasteiger partial charge in [-0.05, 0) is 69.2 Å². The third kappa shape index (κ3) is 3.98. The largest absolute Gasteiger partial charge is 0.330 e. The molecule has 1 saturated heterocycles. The molecule has 1 heterocycles. The lowest BCUT2D eigenvalue weighted by Gasteiger charge is -2.42. The summed E-state index contributed by atoms with van der Waals surface area (Å²) in [6, 6.07) is 1.60. The summed E-state index contributed by atoms with van der Waals surface area (Å²) in [5.74, 6) is 1.66. The molecule has 2 heteroatoms. The highest BCUT2D eigenvalue weighted by atomic mass is 15.2. The first kappa shape index (κ1) is 16.3. The Bertz CT molecular complexity index is 294. The second kappa shape index (κ2) is 6.79. The van der Waals surface area contributed by atoms with E-state index < -0.39 is 0 Å². The SMILES string of the molecule is CC1CCC(CN)CN1C1CCCC(C(C)(C)C)CC1. The van der Waals surface area contributed by atoms with Gasteiger partial charge in [0.15, 0.2) is 0 Å². The molecule has 4 atom stereocenters. The van der Waals surface area contributed by atoms with E-state index in [0.717, 1.165) is 30.5 Å². The van der Waals surface area contributed by atoms with Crippen LogP contribution in [0.5, 0.6) is 0 Å². The van der Waals surface area contributed by atoms with Gasteiger partial charge in [-0.3, -0.25) is 4.90 Å². The molecule has 0 aromatic heterocycles. The van der Waals surface area contributed by atoms with E-state index in [-0.39, 0.29) is 0 Å². The summed E-state index contributed by atoms with van der Waals surface area (Å²) in [7, 11) is 0. The fourth-order valence-corrected chi connectivity index (χ4v) is 4.39. The Labute approximate surface area is 126 Å². The Hall–Kier alpha value is -0.0800.